The van der Waals surface area contributed by atoms with Crippen LogP contribution in [0, 0.1) is 0 Å². The molecule has 0 amide bonds. The Hall–Kier alpha value is -1.01. The van der Waals surface area contributed by atoms with Crippen molar-refractivity contribution in [1.82, 2.24) is 0 Å². The maximum atomic E-state index is 13.1. The molecule has 90 valence electrons. The molecule has 0 unspecified atom stereocenters. The maximum Gasteiger partial charge on any atom is 0.387 e. The van der Waals surface area contributed by atoms with Crippen molar-refractivity contribution < 1.29 is 27.4 Å². The number of aliphatic hydroxyl groups is 1. The van der Waals surface area contributed by atoms with Gasteiger partial charge in [-0.05, 0) is 18.2 Å². The van der Waals surface area contributed by atoms with Crippen molar-refractivity contribution in [2.75, 3.05) is 6.61 Å². The van der Waals surface area contributed by atoms with Gasteiger partial charge in [0.05, 0.1) is 5.56 Å². The molecule has 0 aliphatic heterocycles. The van der Waals surface area contributed by atoms with E-state index >= 15 is 0 Å². The SMILES string of the molecule is OCC(F)(F)c1cc(Cl)ccc1OC(F)F. The highest BCUT2D eigenvalue weighted by Gasteiger charge is 2.34. The average Bonchev–Trinajstić information content (AvgIpc) is 2.20. The van der Waals surface area contributed by atoms with Crippen molar-refractivity contribution in [2.45, 2.75) is 12.5 Å². The summed E-state index contributed by atoms with van der Waals surface area (Å²) in [5, 5.41) is 8.40. The summed E-state index contributed by atoms with van der Waals surface area (Å²) in [5.74, 6) is -4.40. The molecule has 0 heterocycles. The molecule has 0 saturated carbocycles. The Bertz CT molecular complexity index is 371. The van der Waals surface area contributed by atoms with Crippen LogP contribution in [-0.2, 0) is 5.92 Å². The van der Waals surface area contributed by atoms with E-state index in [1.165, 1.54) is 0 Å². The zero-order chi connectivity index (χ0) is 12.3. The highest BCUT2D eigenvalue weighted by Crippen LogP contribution is 2.36. The second-order valence-corrected chi connectivity index (χ2v) is 3.32. The second-order valence-electron chi connectivity index (χ2n) is 2.88. The van der Waals surface area contributed by atoms with Crippen LogP contribution in [0.4, 0.5) is 17.6 Å². The molecule has 0 bridgehead atoms. The lowest BCUT2D eigenvalue weighted by Gasteiger charge is -2.18. The van der Waals surface area contributed by atoms with Gasteiger partial charge in [-0.15, -0.1) is 0 Å². The van der Waals surface area contributed by atoms with E-state index in [1.807, 2.05) is 0 Å². The van der Waals surface area contributed by atoms with Gasteiger partial charge in [-0.3, -0.25) is 0 Å². The molecule has 1 aromatic carbocycles. The average molecular weight is 259 g/mol. The Morgan fingerprint density at radius 2 is 2.00 bits per heavy atom. The molecule has 1 rings (SSSR count). The van der Waals surface area contributed by atoms with Crippen LogP contribution in [0.1, 0.15) is 5.56 Å². The summed E-state index contributed by atoms with van der Waals surface area (Å²) in [4.78, 5) is 0. The van der Waals surface area contributed by atoms with Crippen LogP contribution in [0.3, 0.4) is 0 Å². The van der Waals surface area contributed by atoms with Crippen molar-refractivity contribution in [3.8, 4) is 5.75 Å². The van der Waals surface area contributed by atoms with Gasteiger partial charge in [0.1, 0.15) is 12.4 Å². The van der Waals surface area contributed by atoms with Crippen LogP contribution in [-0.4, -0.2) is 18.3 Å². The number of hydrogen-bond donors (Lipinski definition) is 1. The lowest BCUT2D eigenvalue weighted by Crippen LogP contribution is -2.20. The van der Waals surface area contributed by atoms with Crippen molar-refractivity contribution in [3.63, 3.8) is 0 Å². The summed E-state index contributed by atoms with van der Waals surface area (Å²) in [7, 11) is 0. The molecule has 16 heavy (non-hydrogen) atoms. The fourth-order valence-corrected chi connectivity index (χ4v) is 1.24. The van der Waals surface area contributed by atoms with E-state index in [4.69, 9.17) is 16.7 Å². The fraction of sp³-hybridized carbons (Fsp3) is 0.333. The molecule has 0 atom stereocenters. The molecule has 2 nitrogen and oxygen atoms in total. The van der Waals surface area contributed by atoms with Crippen molar-refractivity contribution in [3.05, 3.63) is 28.8 Å². The first kappa shape index (κ1) is 13.1. The van der Waals surface area contributed by atoms with Crippen LogP contribution >= 0.6 is 11.6 Å². The highest BCUT2D eigenvalue weighted by atomic mass is 35.5. The Morgan fingerprint density at radius 3 is 2.50 bits per heavy atom. The molecular weight excluding hydrogens is 252 g/mol. The quantitative estimate of drug-likeness (QED) is 0.841. The first-order chi connectivity index (χ1) is 7.36. The Kier molecular flexibility index (Phi) is 3.98. The van der Waals surface area contributed by atoms with E-state index < -0.39 is 30.5 Å². The van der Waals surface area contributed by atoms with Gasteiger partial charge < -0.3 is 9.84 Å². The van der Waals surface area contributed by atoms with Gasteiger partial charge in [0, 0.05) is 5.02 Å². The summed E-state index contributed by atoms with van der Waals surface area (Å²) < 4.78 is 54.1. The van der Waals surface area contributed by atoms with Crippen LogP contribution < -0.4 is 4.74 Å². The largest absolute Gasteiger partial charge is 0.434 e. The molecule has 0 spiro atoms. The third-order valence-corrected chi connectivity index (χ3v) is 1.99. The molecule has 0 fully saturated rings. The lowest BCUT2D eigenvalue weighted by molar-refractivity contribution is -0.0730. The minimum absolute atomic E-state index is 0.0651. The second kappa shape index (κ2) is 4.88. The first-order valence-electron chi connectivity index (χ1n) is 4.10. The molecular formula is C9H7ClF4O2. The van der Waals surface area contributed by atoms with Gasteiger partial charge >= 0.3 is 6.61 Å². The number of rotatable bonds is 4. The molecule has 1 N–H and O–H groups in total. The highest BCUT2D eigenvalue weighted by molar-refractivity contribution is 6.30. The number of alkyl halides is 4. The molecule has 0 aromatic heterocycles. The van der Waals surface area contributed by atoms with E-state index in [0.717, 1.165) is 18.2 Å². The summed E-state index contributed by atoms with van der Waals surface area (Å²) in [6.45, 7) is -4.75. The van der Waals surface area contributed by atoms with Gasteiger partial charge in [-0.1, -0.05) is 11.6 Å². The van der Waals surface area contributed by atoms with Crippen LogP contribution in [0.25, 0.3) is 0 Å². The molecule has 1 aromatic rings. The van der Waals surface area contributed by atoms with E-state index in [2.05, 4.69) is 4.74 Å². The summed E-state index contributed by atoms with van der Waals surface area (Å²) in [6, 6.07) is 2.80. The standard InChI is InChI=1S/C9H7ClF4O2/c10-5-1-2-7(16-8(11)12)6(3-5)9(13,14)4-15/h1-3,8,15H,4H2. The molecule has 0 aliphatic carbocycles. The van der Waals surface area contributed by atoms with E-state index in [1.54, 1.807) is 0 Å². The fourth-order valence-electron chi connectivity index (χ4n) is 1.07. The van der Waals surface area contributed by atoms with Crippen molar-refractivity contribution in [1.29, 1.82) is 0 Å². The first-order valence-corrected chi connectivity index (χ1v) is 4.48. The summed E-state index contributed by atoms with van der Waals surface area (Å²) in [6.07, 6.45) is 0. The maximum absolute atomic E-state index is 13.1. The van der Waals surface area contributed by atoms with Crippen LogP contribution in [0.2, 0.25) is 5.02 Å². The van der Waals surface area contributed by atoms with Crippen molar-refractivity contribution >= 4 is 11.6 Å². The van der Waals surface area contributed by atoms with Crippen LogP contribution in [0.5, 0.6) is 5.75 Å². The summed E-state index contributed by atoms with van der Waals surface area (Å²) >= 11 is 5.46. The van der Waals surface area contributed by atoms with Gasteiger partial charge in [-0.2, -0.15) is 17.6 Å². The Morgan fingerprint density at radius 1 is 1.38 bits per heavy atom. The third kappa shape index (κ3) is 2.99. The summed E-state index contributed by atoms with van der Waals surface area (Å²) in [5.41, 5.74) is -0.872. The van der Waals surface area contributed by atoms with E-state index in [9.17, 15) is 17.6 Å². The van der Waals surface area contributed by atoms with E-state index in [0.29, 0.717) is 0 Å². The topological polar surface area (TPSA) is 29.5 Å². The number of hydrogen-bond acceptors (Lipinski definition) is 2. The third-order valence-electron chi connectivity index (χ3n) is 1.75. The van der Waals surface area contributed by atoms with Gasteiger partial charge in [0.15, 0.2) is 0 Å². The number of benzene rings is 1. The van der Waals surface area contributed by atoms with Gasteiger partial charge in [0.2, 0.25) is 0 Å². The minimum atomic E-state index is -3.69. The zero-order valence-electron chi connectivity index (χ0n) is 7.76. The molecule has 0 aliphatic rings. The normalized spacial score (nSPS) is 11.9. The predicted octanol–water partition coefficient (Wildman–Crippen LogP) is 3.03. The number of halogens is 5. The number of ether oxygens (including phenoxy) is 1. The molecule has 0 radical (unpaired) electrons. The number of aliphatic hydroxyl groups excluding tert-OH is 1. The monoisotopic (exact) mass is 258 g/mol. The zero-order valence-corrected chi connectivity index (χ0v) is 8.52. The Labute approximate surface area is 93.4 Å². The molecule has 7 heteroatoms. The lowest BCUT2D eigenvalue weighted by atomic mass is 10.1. The Balaban J connectivity index is 3.18. The van der Waals surface area contributed by atoms with Gasteiger partial charge in [-0.25, -0.2) is 0 Å². The van der Waals surface area contributed by atoms with E-state index in [-0.39, 0.29) is 5.02 Å². The van der Waals surface area contributed by atoms with Crippen molar-refractivity contribution in [2.24, 2.45) is 0 Å². The van der Waals surface area contributed by atoms with Crippen LogP contribution in [0.15, 0.2) is 18.2 Å². The smallest absolute Gasteiger partial charge is 0.387 e. The van der Waals surface area contributed by atoms with Gasteiger partial charge in [0.25, 0.3) is 5.92 Å². The predicted molar refractivity (Wildman–Crippen MR) is 49.1 cm³/mol. The minimum Gasteiger partial charge on any atom is -0.434 e. The molecule has 0 saturated heterocycles.